The van der Waals surface area contributed by atoms with Gasteiger partial charge >= 0.3 is 0 Å². The van der Waals surface area contributed by atoms with E-state index in [4.69, 9.17) is 0 Å². The Bertz CT molecular complexity index is 203. The second kappa shape index (κ2) is 6.38. The van der Waals surface area contributed by atoms with E-state index in [1.807, 2.05) is 18.8 Å². The van der Waals surface area contributed by atoms with Gasteiger partial charge in [-0.05, 0) is 45.5 Å². The van der Waals surface area contributed by atoms with Crippen molar-refractivity contribution in [2.45, 2.75) is 37.4 Å². The van der Waals surface area contributed by atoms with Crippen molar-refractivity contribution in [3.63, 3.8) is 0 Å². The van der Waals surface area contributed by atoms with Gasteiger partial charge in [0.2, 0.25) is 5.91 Å². The minimum absolute atomic E-state index is 0.193. The van der Waals surface area contributed by atoms with Crippen molar-refractivity contribution in [1.29, 1.82) is 0 Å². The summed E-state index contributed by atoms with van der Waals surface area (Å²) in [5, 5.41) is 6.08. The number of rotatable bonds is 6. The van der Waals surface area contributed by atoms with Crippen molar-refractivity contribution in [1.82, 2.24) is 10.6 Å². The zero-order valence-corrected chi connectivity index (χ0v) is 10.6. The summed E-state index contributed by atoms with van der Waals surface area (Å²) in [6.45, 7) is 3.99. The van der Waals surface area contributed by atoms with E-state index in [0.717, 1.165) is 19.5 Å². The third kappa shape index (κ3) is 4.89. The Morgan fingerprint density at radius 2 is 2.33 bits per heavy atom. The molecule has 1 atom stereocenters. The Hall–Kier alpha value is -0.220. The van der Waals surface area contributed by atoms with E-state index in [9.17, 15) is 4.79 Å². The average Bonchev–Trinajstić information content (AvgIpc) is 2.64. The summed E-state index contributed by atoms with van der Waals surface area (Å²) >= 11 is 1.99. The fourth-order valence-corrected chi connectivity index (χ4v) is 3.02. The van der Waals surface area contributed by atoms with Gasteiger partial charge in [0.15, 0.2) is 0 Å². The van der Waals surface area contributed by atoms with Crippen molar-refractivity contribution in [2.75, 3.05) is 25.9 Å². The van der Waals surface area contributed by atoms with Gasteiger partial charge in [-0.15, -0.1) is 0 Å². The molecule has 88 valence electrons. The largest absolute Gasteiger partial charge is 0.355 e. The summed E-state index contributed by atoms with van der Waals surface area (Å²) in [4.78, 5) is 11.5. The van der Waals surface area contributed by atoms with Gasteiger partial charge in [0.25, 0.3) is 0 Å². The highest BCUT2D eigenvalue weighted by Crippen LogP contribution is 2.36. The molecule has 1 amide bonds. The van der Waals surface area contributed by atoms with E-state index < -0.39 is 0 Å². The summed E-state index contributed by atoms with van der Waals surface area (Å²) in [6, 6.07) is 0. The molecule has 1 aliphatic rings. The molecule has 1 unspecified atom stereocenters. The van der Waals surface area contributed by atoms with E-state index in [2.05, 4.69) is 17.6 Å². The number of hydrogen-bond donors (Lipinski definition) is 2. The molecule has 1 fully saturated rings. The Balaban J connectivity index is 2.10. The first-order valence-corrected chi connectivity index (χ1v) is 6.70. The van der Waals surface area contributed by atoms with Gasteiger partial charge in [-0.1, -0.05) is 0 Å². The zero-order chi connectivity index (χ0) is 11.1. The number of amides is 1. The molecular weight excluding hydrogens is 208 g/mol. The molecule has 0 bridgehead atoms. The van der Waals surface area contributed by atoms with Crippen LogP contribution in [0.1, 0.15) is 32.6 Å². The first-order valence-electron chi connectivity index (χ1n) is 5.71. The number of carbonyl (C=O) groups excluding carboxylic acids is 1. The average molecular weight is 230 g/mol. The lowest BCUT2D eigenvalue weighted by Crippen LogP contribution is -2.36. The maximum absolute atomic E-state index is 11.5. The van der Waals surface area contributed by atoms with Gasteiger partial charge in [-0.3, -0.25) is 4.79 Å². The van der Waals surface area contributed by atoms with Crippen LogP contribution in [-0.2, 0) is 4.79 Å². The lowest BCUT2D eigenvalue weighted by atomic mass is 10.1. The van der Waals surface area contributed by atoms with Gasteiger partial charge < -0.3 is 10.6 Å². The number of carbonyl (C=O) groups is 1. The second-order valence-electron chi connectivity index (χ2n) is 4.39. The van der Waals surface area contributed by atoms with Gasteiger partial charge in [-0.2, -0.15) is 11.8 Å². The zero-order valence-electron chi connectivity index (χ0n) is 9.77. The van der Waals surface area contributed by atoms with Crippen molar-refractivity contribution < 1.29 is 4.79 Å². The normalized spacial score (nSPS) is 25.5. The summed E-state index contributed by atoms with van der Waals surface area (Å²) in [5.74, 6) is 1.44. The Labute approximate surface area is 96.8 Å². The van der Waals surface area contributed by atoms with Crippen LogP contribution in [-0.4, -0.2) is 36.5 Å². The lowest BCUT2D eigenvalue weighted by Gasteiger charge is -2.22. The standard InChI is InChI=1S/C11H22N2OS/c1-11(6-4-8-15-11)9-13-10(14)5-3-7-12-2/h12H,3-9H2,1-2H3,(H,13,14). The highest BCUT2D eigenvalue weighted by atomic mass is 32.2. The highest BCUT2D eigenvalue weighted by Gasteiger charge is 2.29. The van der Waals surface area contributed by atoms with Crippen molar-refractivity contribution >= 4 is 17.7 Å². The van der Waals surface area contributed by atoms with Crippen molar-refractivity contribution in [2.24, 2.45) is 0 Å². The Morgan fingerprint density at radius 3 is 2.93 bits per heavy atom. The molecule has 1 saturated heterocycles. The molecule has 0 aromatic heterocycles. The van der Waals surface area contributed by atoms with Crippen molar-refractivity contribution in [3.8, 4) is 0 Å². The fraction of sp³-hybridized carbons (Fsp3) is 0.909. The van der Waals surface area contributed by atoms with Crippen LogP contribution < -0.4 is 10.6 Å². The summed E-state index contributed by atoms with van der Waals surface area (Å²) < 4.78 is 0.290. The molecule has 0 radical (unpaired) electrons. The molecule has 0 spiro atoms. The number of nitrogens with one attached hydrogen (secondary N) is 2. The number of hydrogen-bond acceptors (Lipinski definition) is 3. The molecule has 0 saturated carbocycles. The summed E-state index contributed by atoms with van der Waals surface area (Å²) in [7, 11) is 1.91. The van der Waals surface area contributed by atoms with E-state index in [1.54, 1.807) is 0 Å². The molecule has 1 heterocycles. The van der Waals surface area contributed by atoms with Gasteiger partial charge in [0.05, 0.1) is 0 Å². The summed E-state index contributed by atoms with van der Waals surface area (Å²) in [5.41, 5.74) is 0. The monoisotopic (exact) mass is 230 g/mol. The molecule has 0 aromatic rings. The van der Waals surface area contributed by atoms with E-state index in [0.29, 0.717) is 11.2 Å². The van der Waals surface area contributed by atoms with E-state index >= 15 is 0 Å². The van der Waals surface area contributed by atoms with E-state index in [1.165, 1.54) is 18.6 Å². The first kappa shape index (κ1) is 12.8. The van der Waals surface area contributed by atoms with Crippen LogP contribution in [0.15, 0.2) is 0 Å². The van der Waals surface area contributed by atoms with Crippen LogP contribution in [0.3, 0.4) is 0 Å². The fourth-order valence-electron chi connectivity index (χ4n) is 1.78. The van der Waals surface area contributed by atoms with Gasteiger partial charge in [0.1, 0.15) is 0 Å². The molecule has 2 N–H and O–H groups in total. The predicted octanol–water partition coefficient (Wildman–Crippen LogP) is 1.39. The van der Waals surface area contributed by atoms with Gasteiger partial charge in [-0.25, -0.2) is 0 Å². The smallest absolute Gasteiger partial charge is 0.220 e. The third-order valence-electron chi connectivity index (χ3n) is 2.79. The van der Waals surface area contributed by atoms with Crippen LogP contribution in [0.2, 0.25) is 0 Å². The molecule has 4 heteroatoms. The maximum atomic E-state index is 11.5. The van der Waals surface area contributed by atoms with Crippen molar-refractivity contribution in [3.05, 3.63) is 0 Å². The van der Waals surface area contributed by atoms with Crippen LogP contribution >= 0.6 is 11.8 Å². The Kier molecular flexibility index (Phi) is 5.47. The second-order valence-corrected chi connectivity index (χ2v) is 6.07. The molecule has 1 rings (SSSR count). The SMILES string of the molecule is CNCCCC(=O)NCC1(C)CCCS1. The maximum Gasteiger partial charge on any atom is 0.220 e. The number of thioether (sulfide) groups is 1. The molecule has 15 heavy (non-hydrogen) atoms. The van der Waals surface area contributed by atoms with E-state index in [-0.39, 0.29) is 5.91 Å². The molecule has 0 aromatic carbocycles. The molecule has 1 aliphatic heterocycles. The lowest BCUT2D eigenvalue weighted by molar-refractivity contribution is -0.121. The minimum Gasteiger partial charge on any atom is -0.355 e. The van der Waals surface area contributed by atoms with Gasteiger partial charge in [0, 0.05) is 17.7 Å². The molecular formula is C11H22N2OS. The Morgan fingerprint density at radius 1 is 1.53 bits per heavy atom. The van der Waals surface area contributed by atoms with Crippen LogP contribution in [0.4, 0.5) is 0 Å². The summed E-state index contributed by atoms with van der Waals surface area (Å²) in [6.07, 6.45) is 4.08. The first-order chi connectivity index (χ1) is 7.16. The van der Waals surface area contributed by atoms with Crippen LogP contribution in [0.25, 0.3) is 0 Å². The topological polar surface area (TPSA) is 41.1 Å². The molecule has 3 nitrogen and oxygen atoms in total. The highest BCUT2D eigenvalue weighted by molar-refractivity contribution is 8.00. The minimum atomic E-state index is 0.193. The quantitative estimate of drug-likeness (QED) is 0.678. The molecule has 0 aliphatic carbocycles. The predicted molar refractivity (Wildman–Crippen MR) is 66.3 cm³/mol. The van der Waals surface area contributed by atoms with Crippen LogP contribution in [0, 0.1) is 0 Å². The third-order valence-corrected chi connectivity index (χ3v) is 4.33. The van der Waals surface area contributed by atoms with Crippen LogP contribution in [0.5, 0.6) is 0 Å².